The molecule has 1 aliphatic carbocycles. The number of hydrogen-bond acceptors (Lipinski definition) is 2. The van der Waals surface area contributed by atoms with Gasteiger partial charge in [-0.1, -0.05) is 19.3 Å². The van der Waals surface area contributed by atoms with E-state index in [1.807, 2.05) is 11.3 Å². The zero-order chi connectivity index (χ0) is 9.26. The number of rotatable bonds is 1. The van der Waals surface area contributed by atoms with Crippen molar-refractivity contribution in [3.63, 3.8) is 0 Å². The average molecular weight is 260 g/mol. The highest BCUT2D eigenvalue weighted by Crippen LogP contribution is 2.37. The molecule has 1 aromatic rings. The Balaban J connectivity index is 2.14. The number of nitrogens with zero attached hydrogens (tertiary/aromatic N) is 1. The quantitative estimate of drug-likeness (QED) is 0.735. The van der Waals surface area contributed by atoms with Crippen molar-refractivity contribution in [2.45, 2.75) is 44.9 Å². The van der Waals surface area contributed by atoms with Crippen LogP contribution < -0.4 is 0 Å². The van der Waals surface area contributed by atoms with E-state index in [1.54, 1.807) is 0 Å². The molecule has 0 aliphatic heterocycles. The van der Waals surface area contributed by atoms with E-state index >= 15 is 0 Å². The maximum Gasteiger partial charge on any atom is 0.0970 e. The summed E-state index contributed by atoms with van der Waals surface area (Å²) in [5.41, 5.74) is 1.16. The van der Waals surface area contributed by atoms with Crippen LogP contribution in [0.4, 0.5) is 0 Å². The topological polar surface area (TPSA) is 12.9 Å². The summed E-state index contributed by atoms with van der Waals surface area (Å²) in [6.07, 6.45) is 6.89. The Kier molecular flexibility index (Phi) is 3.04. The molecule has 72 valence electrons. The van der Waals surface area contributed by atoms with E-state index in [1.165, 1.54) is 40.9 Å². The second-order valence-electron chi connectivity index (χ2n) is 3.75. The Hall–Kier alpha value is 0.110. The first-order valence-corrected chi connectivity index (χ1v) is 6.51. The van der Waals surface area contributed by atoms with Gasteiger partial charge in [-0.05, 0) is 35.7 Å². The fraction of sp³-hybridized carbons (Fsp3) is 0.700. The summed E-state index contributed by atoms with van der Waals surface area (Å²) in [6.45, 7) is 2.08. The predicted octanol–water partition coefficient (Wildman–Crippen LogP) is 4.26. The van der Waals surface area contributed by atoms with Gasteiger partial charge in [0.05, 0.1) is 14.5 Å². The lowest BCUT2D eigenvalue weighted by atomic mass is 9.90. The molecule has 0 amide bonds. The van der Waals surface area contributed by atoms with Crippen molar-refractivity contribution >= 4 is 27.3 Å². The molecule has 0 spiro atoms. The van der Waals surface area contributed by atoms with Crippen LogP contribution in [-0.4, -0.2) is 4.98 Å². The fourth-order valence-corrected chi connectivity index (χ4v) is 3.47. The molecule has 3 heteroatoms. The van der Waals surface area contributed by atoms with E-state index in [0.717, 1.165) is 11.6 Å². The molecule has 2 rings (SSSR count). The largest absolute Gasteiger partial charge is 0.245 e. The molecule has 0 bridgehead atoms. The summed E-state index contributed by atoms with van der Waals surface area (Å²) in [5.74, 6) is 0.753. The molecule has 1 fully saturated rings. The van der Waals surface area contributed by atoms with Crippen molar-refractivity contribution in [1.82, 2.24) is 4.98 Å². The van der Waals surface area contributed by atoms with Gasteiger partial charge < -0.3 is 0 Å². The molecule has 13 heavy (non-hydrogen) atoms. The van der Waals surface area contributed by atoms with Crippen LogP contribution in [0.2, 0.25) is 0 Å². The molecule has 1 aromatic heterocycles. The van der Waals surface area contributed by atoms with E-state index in [0.29, 0.717) is 0 Å². The predicted molar refractivity (Wildman–Crippen MR) is 60.4 cm³/mol. The van der Waals surface area contributed by atoms with Crippen LogP contribution in [0, 0.1) is 6.92 Å². The molecule has 1 saturated carbocycles. The van der Waals surface area contributed by atoms with Gasteiger partial charge in [0.1, 0.15) is 0 Å². The van der Waals surface area contributed by atoms with E-state index < -0.39 is 0 Å². The SMILES string of the molecule is Cc1nc(C2CCCCC2)sc1Br. The fourth-order valence-electron chi connectivity index (χ4n) is 1.92. The Morgan fingerprint density at radius 2 is 2.00 bits per heavy atom. The van der Waals surface area contributed by atoms with Gasteiger partial charge in [0.25, 0.3) is 0 Å². The third-order valence-electron chi connectivity index (χ3n) is 2.71. The number of halogens is 1. The first kappa shape index (κ1) is 9.66. The van der Waals surface area contributed by atoms with Crippen LogP contribution in [-0.2, 0) is 0 Å². The van der Waals surface area contributed by atoms with Crippen molar-refractivity contribution in [2.24, 2.45) is 0 Å². The minimum Gasteiger partial charge on any atom is -0.245 e. The first-order chi connectivity index (χ1) is 6.27. The second-order valence-corrected chi connectivity index (χ2v) is 6.09. The highest BCUT2D eigenvalue weighted by molar-refractivity contribution is 9.11. The minimum atomic E-state index is 0.753. The summed E-state index contributed by atoms with van der Waals surface area (Å²) in [6, 6.07) is 0. The van der Waals surface area contributed by atoms with Crippen molar-refractivity contribution in [1.29, 1.82) is 0 Å². The lowest BCUT2D eigenvalue weighted by Gasteiger charge is -2.18. The minimum absolute atomic E-state index is 0.753. The number of aryl methyl sites for hydroxylation is 1. The van der Waals surface area contributed by atoms with Gasteiger partial charge in [-0.15, -0.1) is 11.3 Å². The lowest BCUT2D eigenvalue weighted by molar-refractivity contribution is 0.442. The van der Waals surface area contributed by atoms with Crippen LogP contribution in [0.3, 0.4) is 0 Å². The maximum atomic E-state index is 4.61. The Morgan fingerprint density at radius 1 is 1.31 bits per heavy atom. The van der Waals surface area contributed by atoms with E-state index in [9.17, 15) is 0 Å². The first-order valence-electron chi connectivity index (χ1n) is 4.90. The highest BCUT2D eigenvalue weighted by Gasteiger charge is 2.19. The molecule has 0 radical (unpaired) electrons. The van der Waals surface area contributed by atoms with E-state index in [4.69, 9.17) is 0 Å². The van der Waals surface area contributed by atoms with Crippen molar-refractivity contribution in [3.05, 3.63) is 14.5 Å². The monoisotopic (exact) mass is 259 g/mol. The van der Waals surface area contributed by atoms with Crippen molar-refractivity contribution < 1.29 is 0 Å². The second kappa shape index (κ2) is 4.09. The zero-order valence-corrected chi connectivity index (χ0v) is 10.2. The number of aromatic nitrogens is 1. The molecular weight excluding hydrogens is 246 g/mol. The third kappa shape index (κ3) is 2.13. The molecule has 0 N–H and O–H groups in total. The molecule has 0 unspecified atom stereocenters. The molecule has 1 nitrogen and oxygen atoms in total. The van der Waals surface area contributed by atoms with Crippen LogP contribution in [0.15, 0.2) is 3.79 Å². The van der Waals surface area contributed by atoms with Gasteiger partial charge in [-0.3, -0.25) is 0 Å². The molecule has 0 saturated heterocycles. The third-order valence-corrected chi connectivity index (χ3v) is 4.88. The smallest absolute Gasteiger partial charge is 0.0970 e. The van der Waals surface area contributed by atoms with Crippen LogP contribution >= 0.6 is 27.3 Å². The van der Waals surface area contributed by atoms with Gasteiger partial charge in [-0.25, -0.2) is 4.98 Å². The summed E-state index contributed by atoms with van der Waals surface area (Å²) >= 11 is 5.37. The van der Waals surface area contributed by atoms with Crippen LogP contribution in [0.5, 0.6) is 0 Å². The zero-order valence-electron chi connectivity index (χ0n) is 7.85. The molecule has 1 aliphatic rings. The maximum absolute atomic E-state index is 4.61. The van der Waals surface area contributed by atoms with Crippen molar-refractivity contribution in [2.75, 3.05) is 0 Å². The molecule has 0 aromatic carbocycles. The number of hydrogen-bond donors (Lipinski definition) is 0. The van der Waals surface area contributed by atoms with Gasteiger partial charge in [-0.2, -0.15) is 0 Å². The van der Waals surface area contributed by atoms with Crippen LogP contribution in [0.1, 0.15) is 48.7 Å². The highest BCUT2D eigenvalue weighted by atomic mass is 79.9. The van der Waals surface area contributed by atoms with E-state index in [2.05, 4.69) is 27.8 Å². The number of thiazole rings is 1. The summed E-state index contributed by atoms with van der Waals surface area (Å²) < 4.78 is 1.22. The van der Waals surface area contributed by atoms with Crippen LogP contribution in [0.25, 0.3) is 0 Å². The Labute approximate surface area is 91.7 Å². The Morgan fingerprint density at radius 3 is 2.54 bits per heavy atom. The molecule has 1 heterocycles. The Bertz CT molecular complexity index is 270. The van der Waals surface area contributed by atoms with Gasteiger partial charge in [0.2, 0.25) is 0 Å². The summed E-state index contributed by atoms with van der Waals surface area (Å²) in [5, 5.41) is 1.35. The van der Waals surface area contributed by atoms with Gasteiger partial charge >= 0.3 is 0 Å². The van der Waals surface area contributed by atoms with Crippen molar-refractivity contribution in [3.8, 4) is 0 Å². The molecular formula is C10H14BrNS. The summed E-state index contributed by atoms with van der Waals surface area (Å²) in [7, 11) is 0. The van der Waals surface area contributed by atoms with Gasteiger partial charge in [0.15, 0.2) is 0 Å². The van der Waals surface area contributed by atoms with E-state index in [-0.39, 0.29) is 0 Å². The standard InChI is InChI=1S/C10H14BrNS/c1-7-9(11)13-10(12-7)8-5-3-2-4-6-8/h8H,2-6H2,1H3. The lowest BCUT2D eigenvalue weighted by Crippen LogP contribution is -2.03. The normalized spacial score (nSPS) is 19.2. The summed E-state index contributed by atoms with van der Waals surface area (Å²) in [4.78, 5) is 4.61. The van der Waals surface area contributed by atoms with Gasteiger partial charge in [0, 0.05) is 5.92 Å². The molecule has 0 atom stereocenters. The average Bonchev–Trinajstić information content (AvgIpc) is 2.49.